The van der Waals surface area contributed by atoms with Crippen LogP contribution in [0.15, 0.2) is 29.3 Å². The van der Waals surface area contributed by atoms with Crippen LogP contribution in [0.2, 0.25) is 0 Å². The zero-order valence-electron chi connectivity index (χ0n) is 18.1. The highest BCUT2D eigenvalue weighted by Crippen LogP contribution is 2.29. The standard InChI is InChI=1S/C22H24F2N2O6S/c1-31-20(28)12-19-26(18(27)13-33-19)7-2-10-32-22(30)14-5-8-25(9-6-14)21(29)16-4-3-15(23)11-17(16)24/h3-4,11-12,14H,2,5-10,13H2,1H3/b19-12+. The lowest BCUT2D eigenvalue weighted by molar-refractivity contribution is -0.150. The van der Waals surface area contributed by atoms with Gasteiger partial charge in [-0.05, 0) is 31.4 Å². The number of nitrogens with zero attached hydrogens (tertiary/aromatic N) is 2. The second-order valence-electron chi connectivity index (χ2n) is 7.55. The van der Waals surface area contributed by atoms with Crippen LogP contribution in [0.25, 0.3) is 0 Å². The summed E-state index contributed by atoms with van der Waals surface area (Å²) in [5.41, 5.74) is -0.201. The van der Waals surface area contributed by atoms with E-state index in [2.05, 4.69) is 4.74 Å². The van der Waals surface area contributed by atoms with Gasteiger partial charge in [-0.1, -0.05) is 11.8 Å². The summed E-state index contributed by atoms with van der Waals surface area (Å²) in [6, 6.07) is 2.81. The first-order valence-electron chi connectivity index (χ1n) is 10.4. The fraction of sp³-hybridized carbons (Fsp3) is 0.455. The molecule has 0 radical (unpaired) electrons. The summed E-state index contributed by atoms with van der Waals surface area (Å²) in [5, 5.41) is 0.507. The highest BCUT2D eigenvalue weighted by atomic mass is 32.2. The molecule has 2 heterocycles. The van der Waals surface area contributed by atoms with Crippen molar-refractivity contribution in [3.63, 3.8) is 0 Å². The van der Waals surface area contributed by atoms with E-state index in [1.54, 1.807) is 0 Å². The third-order valence-electron chi connectivity index (χ3n) is 5.40. The molecule has 0 aromatic heterocycles. The third kappa shape index (κ3) is 6.31. The molecule has 2 aliphatic heterocycles. The van der Waals surface area contributed by atoms with Crippen LogP contribution in [0.5, 0.6) is 0 Å². The summed E-state index contributed by atoms with van der Waals surface area (Å²) in [6.07, 6.45) is 2.41. The zero-order valence-corrected chi connectivity index (χ0v) is 18.9. The van der Waals surface area contributed by atoms with Crippen LogP contribution in [0.1, 0.15) is 29.6 Å². The molecule has 2 amide bonds. The van der Waals surface area contributed by atoms with Crippen molar-refractivity contribution in [3.05, 3.63) is 46.5 Å². The summed E-state index contributed by atoms with van der Waals surface area (Å²) in [4.78, 5) is 51.1. The number of likely N-dealkylation sites (tertiary alicyclic amines) is 1. The highest BCUT2D eigenvalue weighted by molar-refractivity contribution is 8.04. The van der Waals surface area contributed by atoms with E-state index >= 15 is 0 Å². The summed E-state index contributed by atoms with van der Waals surface area (Å²) < 4.78 is 36.8. The SMILES string of the molecule is COC(=O)/C=C1/SCC(=O)N1CCCOC(=O)C1CCN(C(=O)c2ccc(F)cc2F)CC1. The van der Waals surface area contributed by atoms with Crippen molar-refractivity contribution in [1.29, 1.82) is 0 Å². The predicted molar refractivity (Wildman–Crippen MR) is 115 cm³/mol. The molecule has 2 fully saturated rings. The fourth-order valence-corrected chi connectivity index (χ4v) is 4.55. The van der Waals surface area contributed by atoms with E-state index in [-0.39, 0.29) is 48.8 Å². The second-order valence-corrected chi connectivity index (χ2v) is 8.55. The number of hydrogen-bond acceptors (Lipinski definition) is 7. The number of benzene rings is 1. The van der Waals surface area contributed by atoms with Crippen LogP contribution in [-0.2, 0) is 23.9 Å². The van der Waals surface area contributed by atoms with Gasteiger partial charge in [0.1, 0.15) is 11.6 Å². The van der Waals surface area contributed by atoms with Gasteiger partial charge >= 0.3 is 11.9 Å². The molecular weight excluding hydrogens is 458 g/mol. The van der Waals surface area contributed by atoms with Gasteiger partial charge in [0.2, 0.25) is 5.91 Å². The third-order valence-corrected chi connectivity index (χ3v) is 6.43. The molecular formula is C22H24F2N2O6S. The molecule has 0 bridgehead atoms. The predicted octanol–water partition coefficient (Wildman–Crippen LogP) is 2.34. The number of carbonyl (C=O) groups excluding carboxylic acids is 4. The molecule has 1 aromatic rings. The van der Waals surface area contributed by atoms with E-state index in [4.69, 9.17) is 4.74 Å². The number of piperidine rings is 1. The van der Waals surface area contributed by atoms with Gasteiger partial charge < -0.3 is 19.3 Å². The number of esters is 2. The monoisotopic (exact) mass is 482 g/mol. The molecule has 3 rings (SSSR count). The van der Waals surface area contributed by atoms with E-state index in [0.29, 0.717) is 36.9 Å². The number of halogens is 2. The van der Waals surface area contributed by atoms with Crippen molar-refractivity contribution < 1.29 is 37.4 Å². The van der Waals surface area contributed by atoms with Crippen LogP contribution in [0, 0.1) is 17.6 Å². The molecule has 178 valence electrons. The van der Waals surface area contributed by atoms with Crippen LogP contribution in [0.4, 0.5) is 8.78 Å². The summed E-state index contributed by atoms with van der Waals surface area (Å²) in [5.74, 6) is -3.42. The largest absolute Gasteiger partial charge is 0.466 e. The molecule has 8 nitrogen and oxygen atoms in total. The van der Waals surface area contributed by atoms with Gasteiger partial charge in [0.25, 0.3) is 5.91 Å². The first-order valence-corrected chi connectivity index (χ1v) is 11.4. The van der Waals surface area contributed by atoms with Crippen molar-refractivity contribution >= 4 is 35.5 Å². The fourth-order valence-electron chi connectivity index (χ4n) is 3.59. The van der Waals surface area contributed by atoms with E-state index in [0.717, 1.165) is 12.1 Å². The molecule has 2 saturated heterocycles. The van der Waals surface area contributed by atoms with E-state index in [9.17, 15) is 28.0 Å². The normalized spacial score (nSPS) is 18.0. The van der Waals surface area contributed by atoms with Gasteiger partial charge in [-0.15, -0.1) is 0 Å². The van der Waals surface area contributed by atoms with Gasteiger partial charge in [-0.2, -0.15) is 0 Å². The van der Waals surface area contributed by atoms with Crippen molar-refractivity contribution in [1.82, 2.24) is 9.80 Å². The average Bonchev–Trinajstić information content (AvgIpc) is 3.15. The van der Waals surface area contributed by atoms with Crippen LogP contribution in [-0.4, -0.2) is 72.7 Å². The molecule has 2 aliphatic rings. The molecule has 1 aromatic carbocycles. The topological polar surface area (TPSA) is 93.2 Å². The Morgan fingerprint density at radius 3 is 2.61 bits per heavy atom. The Morgan fingerprint density at radius 2 is 1.94 bits per heavy atom. The average molecular weight is 483 g/mol. The van der Waals surface area contributed by atoms with Gasteiger partial charge in [0.15, 0.2) is 0 Å². The lowest BCUT2D eigenvalue weighted by Crippen LogP contribution is -2.41. The van der Waals surface area contributed by atoms with Crippen molar-refractivity contribution in [3.8, 4) is 0 Å². The Labute approximate surface area is 193 Å². The quantitative estimate of drug-likeness (QED) is 0.335. The Bertz CT molecular complexity index is 962. The first kappa shape index (κ1) is 24.7. The minimum Gasteiger partial charge on any atom is -0.466 e. The van der Waals surface area contributed by atoms with Crippen LogP contribution in [0.3, 0.4) is 0 Å². The Balaban J connectivity index is 1.41. The Hall–Kier alpha value is -2.95. The minimum absolute atomic E-state index is 0.110. The van der Waals surface area contributed by atoms with Gasteiger partial charge in [0.05, 0.1) is 42.1 Å². The maximum absolute atomic E-state index is 13.9. The number of amides is 2. The molecule has 33 heavy (non-hydrogen) atoms. The van der Waals surface area contributed by atoms with Crippen LogP contribution < -0.4 is 0 Å². The molecule has 0 N–H and O–H groups in total. The molecule has 0 atom stereocenters. The van der Waals surface area contributed by atoms with Crippen molar-refractivity contribution in [2.24, 2.45) is 5.92 Å². The maximum atomic E-state index is 13.9. The summed E-state index contributed by atoms with van der Waals surface area (Å²) in [7, 11) is 1.26. The summed E-state index contributed by atoms with van der Waals surface area (Å²) >= 11 is 1.25. The molecule has 0 aliphatic carbocycles. The molecule has 0 spiro atoms. The van der Waals surface area contributed by atoms with Crippen molar-refractivity contribution in [2.45, 2.75) is 19.3 Å². The zero-order chi connectivity index (χ0) is 24.0. The number of thioether (sulfide) groups is 1. The highest BCUT2D eigenvalue weighted by Gasteiger charge is 2.30. The number of ether oxygens (including phenoxy) is 2. The van der Waals surface area contributed by atoms with Crippen molar-refractivity contribution in [2.75, 3.05) is 39.1 Å². The molecule has 11 heteroatoms. The smallest absolute Gasteiger partial charge is 0.333 e. The minimum atomic E-state index is -0.916. The van der Waals surface area contributed by atoms with E-state index < -0.39 is 23.5 Å². The summed E-state index contributed by atoms with van der Waals surface area (Å²) in [6.45, 7) is 0.935. The van der Waals surface area contributed by atoms with Gasteiger partial charge in [-0.3, -0.25) is 14.4 Å². The Morgan fingerprint density at radius 1 is 1.21 bits per heavy atom. The molecule has 0 unspecified atom stereocenters. The maximum Gasteiger partial charge on any atom is 0.333 e. The van der Waals surface area contributed by atoms with Crippen LogP contribution >= 0.6 is 11.8 Å². The lowest BCUT2D eigenvalue weighted by Gasteiger charge is -2.31. The van der Waals surface area contributed by atoms with E-state index in [1.165, 1.54) is 34.7 Å². The van der Waals surface area contributed by atoms with E-state index in [1.807, 2.05) is 0 Å². The Kier molecular flexibility index (Phi) is 8.43. The van der Waals surface area contributed by atoms with Gasteiger partial charge in [-0.25, -0.2) is 13.6 Å². The first-order chi connectivity index (χ1) is 15.8. The number of carbonyl (C=O) groups is 4. The number of methoxy groups -OCH3 is 1. The lowest BCUT2D eigenvalue weighted by atomic mass is 9.96. The van der Waals surface area contributed by atoms with Gasteiger partial charge in [0, 0.05) is 25.7 Å². The number of hydrogen-bond donors (Lipinski definition) is 0. The second kappa shape index (κ2) is 11.3. The number of rotatable bonds is 7. The molecule has 0 saturated carbocycles.